The number of anilines is 1. The molecule has 0 saturated carbocycles. The number of aromatic nitrogens is 1. The molecule has 1 N–H and O–H groups in total. The van der Waals surface area contributed by atoms with Crippen LogP contribution in [0.2, 0.25) is 0 Å². The van der Waals surface area contributed by atoms with Crippen LogP contribution < -0.4 is 10.2 Å². The Bertz CT molecular complexity index is 396. The van der Waals surface area contributed by atoms with E-state index in [1.54, 1.807) is 0 Å². The van der Waals surface area contributed by atoms with Crippen molar-refractivity contribution in [2.75, 3.05) is 24.5 Å². The van der Waals surface area contributed by atoms with Crippen LogP contribution in [-0.2, 0) is 6.42 Å². The van der Waals surface area contributed by atoms with E-state index in [1.165, 1.54) is 54.2 Å². The van der Waals surface area contributed by atoms with Crippen LogP contribution in [-0.4, -0.2) is 24.6 Å². The van der Waals surface area contributed by atoms with E-state index in [-0.39, 0.29) is 0 Å². The molecule has 0 aliphatic heterocycles. The Balaban J connectivity index is 2.14. The summed E-state index contributed by atoms with van der Waals surface area (Å²) in [5.74, 6) is 0. The first-order chi connectivity index (χ1) is 9.80. The number of thiazole rings is 1. The second-order valence-corrected chi connectivity index (χ2v) is 6.70. The lowest BCUT2D eigenvalue weighted by Gasteiger charge is -2.22. The monoisotopic (exact) mass is 295 g/mol. The van der Waals surface area contributed by atoms with Crippen molar-refractivity contribution < 1.29 is 0 Å². The van der Waals surface area contributed by atoms with Crippen LogP contribution in [0.3, 0.4) is 0 Å². The molecule has 0 radical (unpaired) electrons. The molecule has 2 rings (SSSR count). The van der Waals surface area contributed by atoms with E-state index < -0.39 is 0 Å². The van der Waals surface area contributed by atoms with Gasteiger partial charge in [-0.15, -0.1) is 0 Å². The number of hydrogen-bond acceptors (Lipinski definition) is 4. The molecule has 0 bridgehead atoms. The van der Waals surface area contributed by atoms with Gasteiger partial charge in [0.1, 0.15) is 0 Å². The Morgan fingerprint density at radius 3 is 2.60 bits per heavy atom. The maximum absolute atomic E-state index is 4.95. The normalized spacial score (nSPS) is 18.1. The Labute approximate surface area is 127 Å². The van der Waals surface area contributed by atoms with Crippen LogP contribution in [0.5, 0.6) is 0 Å². The predicted molar refractivity (Wildman–Crippen MR) is 88.9 cm³/mol. The second kappa shape index (κ2) is 7.99. The molecule has 1 atom stereocenters. The maximum Gasteiger partial charge on any atom is 0.185 e. The van der Waals surface area contributed by atoms with E-state index in [4.69, 9.17) is 4.98 Å². The van der Waals surface area contributed by atoms with Gasteiger partial charge in [0, 0.05) is 24.0 Å². The zero-order chi connectivity index (χ0) is 14.4. The van der Waals surface area contributed by atoms with Crippen molar-refractivity contribution in [2.45, 2.75) is 65.3 Å². The van der Waals surface area contributed by atoms with Crippen molar-refractivity contribution in [1.82, 2.24) is 10.3 Å². The van der Waals surface area contributed by atoms with Crippen LogP contribution in [0.25, 0.3) is 0 Å². The van der Waals surface area contributed by atoms with Crippen LogP contribution in [0.15, 0.2) is 0 Å². The summed E-state index contributed by atoms with van der Waals surface area (Å²) >= 11 is 1.93. The number of nitrogens with zero attached hydrogens (tertiary/aromatic N) is 2. The van der Waals surface area contributed by atoms with Gasteiger partial charge in [-0.05, 0) is 45.1 Å². The van der Waals surface area contributed by atoms with Crippen LogP contribution >= 0.6 is 11.3 Å². The minimum Gasteiger partial charge on any atom is -0.348 e. The summed E-state index contributed by atoms with van der Waals surface area (Å²) in [7, 11) is 0. The third-order valence-corrected chi connectivity index (χ3v) is 5.11. The highest BCUT2D eigenvalue weighted by molar-refractivity contribution is 7.15. The molecule has 1 aliphatic carbocycles. The van der Waals surface area contributed by atoms with E-state index in [1.807, 2.05) is 11.3 Å². The van der Waals surface area contributed by atoms with Gasteiger partial charge in [0.15, 0.2) is 5.13 Å². The van der Waals surface area contributed by atoms with Gasteiger partial charge < -0.3 is 10.2 Å². The van der Waals surface area contributed by atoms with Crippen LogP contribution in [0, 0.1) is 0 Å². The first-order valence-electron chi connectivity index (χ1n) is 8.28. The van der Waals surface area contributed by atoms with Gasteiger partial charge in [0.25, 0.3) is 0 Å². The average Bonchev–Trinajstić information content (AvgIpc) is 2.89. The summed E-state index contributed by atoms with van der Waals surface area (Å²) in [4.78, 5) is 8.93. The van der Waals surface area contributed by atoms with Crippen molar-refractivity contribution >= 4 is 16.5 Å². The van der Waals surface area contributed by atoms with Gasteiger partial charge in [-0.1, -0.05) is 32.1 Å². The largest absolute Gasteiger partial charge is 0.348 e. The molecule has 0 aromatic carbocycles. The fourth-order valence-electron chi connectivity index (χ4n) is 2.90. The first-order valence-corrected chi connectivity index (χ1v) is 9.09. The molecule has 1 aliphatic rings. The van der Waals surface area contributed by atoms with Gasteiger partial charge in [-0.25, -0.2) is 4.98 Å². The zero-order valence-corrected chi connectivity index (χ0v) is 14.1. The Kier molecular flexibility index (Phi) is 6.30. The highest BCUT2D eigenvalue weighted by atomic mass is 32.1. The number of hydrogen-bond donors (Lipinski definition) is 1. The van der Waals surface area contributed by atoms with E-state index in [9.17, 15) is 0 Å². The smallest absolute Gasteiger partial charge is 0.185 e. The van der Waals surface area contributed by atoms with Gasteiger partial charge >= 0.3 is 0 Å². The summed E-state index contributed by atoms with van der Waals surface area (Å²) in [5.41, 5.74) is 1.36. The Morgan fingerprint density at radius 1 is 1.20 bits per heavy atom. The third kappa shape index (κ3) is 3.73. The lowest BCUT2D eigenvalue weighted by atomic mass is 9.98. The summed E-state index contributed by atoms with van der Waals surface area (Å²) in [6, 6.07) is 0.551. The number of aryl methyl sites for hydroxylation is 1. The summed E-state index contributed by atoms with van der Waals surface area (Å²) in [5, 5.41) is 4.95. The molecule has 0 fully saturated rings. The highest BCUT2D eigenvalue weighted by Gasteiger charge is 2.25. The van der Waals surface area contributed by atoms with Gasteiger partial charge in [-0.3, -0.25) is 0 Å². The van der Waals surface area contributed by atoms with Gasteiger partial charge in [0.2, 0.25) is 0 Å². The van der Waals surface area contributed by atoms with Crippen molar-refractivity contribution in [2.24, 2.45) is 0 Å². The van der Waals surface area contributed by atoms with Gasteiger partial charge in [-0.2, -0.15) is 0 Å². The van der Waals surface area contributed by atoms with Gasteiger partial charge in [0.05, 0.1) is 5.69 Å². The maximum atomic E-state index is 4.95. The van der Waals surface area contributed by atoms with Crippen LogP contribution in [0.1, 0.15) is 69.5 Å². The molecule has 114 valence electrons. The number of fused-ring (bicyclic) bond motifs is 1. The number of rotatable bonds is 8. The minimum absolute atomic E-state index is 0.551. The molecule has 4 heteroatoms. The summed E-state index contributed by atoms with van der Waals surface area (Å²) < 4.78 is 0. The molecule has 1 heterocycles. The molecule has 3 nitrogen and oxygen atoms in total. The standard InChI is InChI=1S/C16H29N3S/c1-4-10-17-13-8-7-9-14-15(13)20-16(18-14)19(11-5-2)12-6-3/h13,17H,4-12H2,1-3H3. The minimum atomic E-state index is 0.551. The Morgan fingerprint density at radius 2 is 1.95 bits per heavy atom. The number of nitrogens with one attached hydrogen (secondary N) is 1. The Hall–Kier alpha value is -0.610. The van der Waals surface area contributed by atoms with Crippen molar-refractivity contribution in [1.29, 1.82) is 0 Å². The zero-order valence-electron chi connectivity index (χ0n) is 13.2. The topological polar surface area (TPSA) is 28.2 Å². The second-order valence-electron chi connectivity index (χ2n) is 5.69. The van der Waals surface area contributed by atoms with Crippen molar-refractivity contribution in [3.63, 3.8) is 0 Å². The van der Waals surface area contributed by atoms with Crippen LogP contribution in [0.4, 0.5) is 5.13 Å². The third-order valence-electron chi connectivity index (χ3n) is 3.84. The fraction of sp³-hybridized carbons (Fsp3) is 0.812. The first kappa shape index (κ1) is 15.8. The lowest BCUT2D eigenvalue weighted by molar-refractivity contribution is 0.464. The SMILES string of the molecule is CCCNC1CCCc2nc(N(CCC)CCC)sc21. The van der Waals surface area contributed by atoms with E-state index in [0.29, 0.717) is 6.04 Å². The van der Waals surface area contributed by atoms with E-state index >= 15 is 0 Å². The fourth-order valence-corrected chi connectivity index (χ4v) is 4.17. The van der Waals surface area contributed by atoms with Crippen molar-refractivity contribution in [3.8, 4) is 0 Å². The molecule has 0 saturated heterocycles. The van der Waals surface area contributed by atoms with E-state index in [2.05, 4.69) is 31.0 Å². The lowest BCUT2D eigenvalue weighted by Crippen LogP contribution is -2.24. The molecule has 0 spiro atoms. The molecule has 0 amide bonds. The quantitative estimate of drug-likeness (QED) is 0.781. The molecule has 20 heavy (non-hydrogen) atoms. The summed E-state index contributed by atoms with van der Waals surface area (Å²) in [6.45, 7) is 10.1. The van der Waals surface area contributed by atoms with Crippen molar-refractivity contribution in [3.05, 3.63) is 10.6 Å². The molecule has 1 unspecified atom stereocenters. The van der Waals surface area contributed by atoms with E-state index in [0.717, 1.165) is 19.6 Å². The summed E-state index contributed by atoms with van der Waals surface area (Å²) in [6.07, 6.45) is 7.32. The molecular weight excluding hydrogens is 266 g/mol. The molecular formula is C16H29N3S. The molecule has 1 aromatic heterocycles. The predicted octanol–water partition coefficient (Wildman–Crippen LogP) is 4.15. The molecule has 1 aromatic rings. The highest BCUT2D eigenvalue weighted by Crippen LogP contribution is 2.37. The average molecular weight is 295 g/mol.